The average molecular weight is 247 g/mol. The third-order valence-electron chi connectivity index (χ3n) is 2.27. The highest BCUT2D eigenvalue weighted by Crippen LogP contribution is 2.20. The zero-order valence-electron chi connectivity index (χ0n) is 9.64. The van der Waals surface area contributed by atoms with Gasteiger partial charge in [0.15, 0.2) is 0 Å². The molecule has 0 saturated carbocycles. The topological polar surface area (TPSA) is 57.5 Å². The fourth-order valence-electron chi connectivity index (χ4n) is 1.29. The van der Waals surface area contributed by atoms with E-state index in [2.05, 4.69) is 15.5 Å². The van der Waals surface area contributed by atoms with Crippen molar-refractivity contribution in [1.82, 2.24) is 4.98 Å². The largest absolute Gasteiger partial charge is 0.508 e. The number of phenols is 1. The van der Waals surface area contributed by atoms with E-state index in [1.807, 2.05) is 19.9 Å². The summed E-state index contributed by atoms with van der Waals surface area (Å²) in [4.78, 5) is 5.48. The Morgan fingerprint density at radius 3 is 2.88 bits per heavy atom. The van der Waals surface area contributed by atoms with Crippen molar-refractivity contribution < 1.29 is 5.11 Å². The van der Waals surface area contributed by atoms with Crippen molar-refractivity contribution in [3.63, 3.8) is 0 Å². The van der Waals surface area contributed by atoms with E-state index in [0.717, 1.165) is 16.4 Å². The van der Waals surface area contributed by atoms with Crippen molar-refractivity contribution in [3.8, 4) is 5.75 Å². The van der Waals surface area contributed by atoms with Crippen molar-refractivity contribution in [2.24, 2.45) is 5.10 Å². The zero-order valence-corrected chi connectivity index (χ0v) is 10.5. The highest BCUT2D eigenvalue weighted by Gasteiger charge is 2.00. The number of rotatable bonds is 3. The van der Waals surface area contributed by atoms with Gasteiger partial charge in [-0.3, -0.25) is 5.43 Å². The summed E-state index contributed by atoms with van der Waals surface area (Å²) in [5.74, 6) is 0.231. The molecule has 2 rings (SSSR count). The molecule has 1 heterocycles. The van der Waals surface area contributed by atoms with Crippen LogP contribution in [0.5, 0.6) is 5.75 Å². The molecular formula is C12H13N3OS. The van der Waals surface area contributed by atoms with Crippen LogP contribution >= 0.6 is 11.3 Å². The van der Waals surface area contributed by atoms with Crippen LogP contribution in [0.2, 0.25) is 0 Å². The lowest BCUT2D eigenvalue weighted by Gasteiger charge is -1.95. The minimum atomic E-state index is 0.231. The third-order valence-corrected chi connectivity index (χ3v) is 3.25. The van der Waals surface area contributed by atoms with Gasteiger partial charge in [0.2, 0.25) is 5.13 Å². The maximum absolute atomic E-state index is 9.28. The number of aryl methyl sites for hydroxylation is 2. The van der Waals surface area contributed by atoms with Gasteiger partial charge in [-0.15, -0.1) is 11.3 Å². The number of nitrogens with one attached hydrogen (secondary N) is 1. The molecular weight excluding hydrogens is 234 g/mol. The van der Waals surface area contributed by atoms with Gasteiger partial charge in [0.05, 0.1) is 11.9 Å². The molecule has 0 radical (unpaired) electrons. The Balaban J connectivity index is 2.02. The van der Waals surface area contributed by atoms with E-state index in [4.69, 9.17) is 0 Å². The molecule has 1 aromatic heterocycles. The van der Waals surface area contributed by atoms with Crippen molar-refractivity contribution in [1.29, 1.82) is 0 Å². The minimum absolute atomic E-state index is 0.231. The fraction of sp³-hybridized carbons (Fsp3) is 0.167. The lowest BCUT2D eigenvalue weighted by Crippen LogP contribution is -1.89. The van der Waals surface area contributed by atoms with Gasteiger partial charge in [-0.25, -0.2) is 4.98 Å². The molecule has 2 N–H and O–H groups in total. The molecule has 4 nitrogen and oxygen atoms in total. The zero-order chi connectivity index (χ0) is 12.3. The molecule has 1 aromatic carbocycles. The number of thiazole rings is 1. The van der Waals surface area contributed by atoms with Gasteiger partial charge in [0.25, 0.3) is 0 Å². The Morgan fingerprint density at radius 1 is 1.41 bits per heavy atom. The molecule has 0 fully saturated rings. The summed E-state index contributed by atoms with van der Waals surface area (Å²) >= 11 is 1.57. The maximum atomic E-state index is 9.28. The molecule has 0 bridgehead atoms. The molecule has 0 saturated heterocycles. The summed E-state index contributed by atoms with van der Waals surface area (Å²) in [5.41, 5.74) is 4.72. The lowest BCUT2D eigenvalue weighted by atomic mass is 10.2. The Bertz CT molecular complexity index is 529. The molecule has 0 aliphatic heterocycles. The number of hydrogen-bond donors (Lipinski definition) is 2. The first-order valence-corrected chi connectivity index (χ1v) is 5.99. The van der Waals surface area contributed by atoms with Gasteiger partial charge < -0.3 is 5.11 Å². The van der Waals surface area contributed by atoms with Crippen LogP contribution in [-0.2, 0) is 0 Å². The summed E-state index contributed by atoms with van der Waals surface area (Å²) in [5, 5.41) is 14.1. The van der Waals surface area contributed by atoms with Crippen molar-refractivity contribution in [3.05, 3.63) is 40.4 Å². The smallest absolute Gasteiger partial charge is 0.203 e. The minimum Gasteiger partial charge on any atom is -0.508 e. The van der Waals surface area contributed by atoms with Crippen LogP contribution in [0, 0.1) is 13.8 Å². The Labute approximate surface area is 104 Å². The second-order valence-corrected chi connectivity index (χ2v) is 4.83. The molecule has 88 valence electrons. The molecule has 5 heteroatoms. The monoisotopic (exact) mass is 247 g/mol. The number of aromatic nitrogens is 1. The van der Waals surface area contributed by atoms with E-state index in [-0.39, 0.29) is 5.75 Å². The van der Waals surface area contributed by atoms with Crippen LogP contribution in [0.15, 0.2) is 29.4 Å². The Hall–Kier alpha value is -1.88. The summed E-state index contributed by atoms with van der Waals surface area (Å²) in [6.45, 7) is 3.99. The van der Waals surface area contributed by atoms with Crippen LogP contribution in [0.1, 0.15) is 16.1 Å². The molecule has 0 amide bonds. The molecule has 0 atom stereocenters. The predicted molar refractivity (Wildman–Crippen MR) is 70.9 cm³/mol. The van der Waals surface area contributed by atoms with Crippen molar-refractivity contribution in [2.45, 2.75) is 13.8 Å². The first kappa shape index (κ1) is 11.6. The number of nitrogens with zero attached hydrogens (tertiary/aromatic N) is 2. The molecule has 0 aliphatic carbocycles. The number of anilines is 1. The molecule has 0 aliphatic rings. The van der Waals surface area contributed by atoms with Gasteiger partial charge >= 0.3 is 0 Å². The van der Waals surface area contributed by atoms with E-state index in [1.165, 1.54) is 4.88 Å². The van der Waals surface area contributed by atoms with E-state index in [9.17, 15) is 5.11 Å². The first-order valence-electron chi connectivity index (χ1n) is 5.17. The van der Waals surface area contributed by atoms with E-state index in [1.54, 1.807) is 35.8 Å². The lowest BCUT2D eigenvalue weighted by molar-refractivity contribution is 0.475. The third kappa shape index (κ3) is 3.04. The van der Waals surface area contributed by atoms with Crippen LogP contribution in [0.3, 0.4) is 0 Å². The quantitative estimate of drug-likeness (QED) is 0.647. The SMILES string of the molecule is Cc1nc(N/N=C/c2cccc(O)c2)sc1C. The number of aromatic hydroxyl groups is 1. The van der Waals surface area contributed by atoms with Crippen molar-refractivity contribution >= 4 is 22.7 Å². The maximum Gasteiger partial charge on any atom is 0.203 e. The fourth-order valence-corrected chi connectivity index (χ4v) is 2.05. The number of benzene rings is 1. The van der Waals surface area contributed by atoms with Gasteiger partial charge in [-0.05, 0) is 31.5 Å². The second kappa shape index (κ2) is 4.97. The summed E-state index contributed by atoms with van der Waals surface area (Å²) in [6.07, 6.45) is 1.64. The molecule has 0 unspecified atom stereocenters. The highest BCUT2D eigenvalue weighted by atomic mass is 32.1. The van der Waals surface area contributed by atoms with Crippen LogP contribution < -0.4 is 5.43 Å². The first-order chi connectivity index (χ1) is 8.15. The van der Waals surface area contributed by atoms with Gasteiger partial charge in [-0.2, -0.15) is 5.10 Å². The second-order valence-electron chi connectivity index (χ2n) is 3.63. The number of hydrogen-bond acceptors (Lipinski definition) is 5. The van der Waals surface area contributed by atoms with Crippen LogP contribution in [-0.4, -0.2) is 16.3 Å². The number of phenolic OH excluding ortho intramolecular Hbond substituents is 1. The Morgan fingerprint density at radius 2 is 2.24 bits per heavy atom. The summed E-state index contributed by atoms with van der Waals surface area (Å²) in [7, 11) is 0. The summed E-state index contributed by atoms with van der Waals surface area (Å²) in [6, 6.07) is 6.90. The molecule has 2 aromatic rings. The Kier molecular flexibility index (Phi) is 3.39. The van der Waals surface area contributed by atoms with Crippen molar-refractivity contribution in [2.75, 3.05) is 5.43 Å². The molecule has 17 heavy (non-hydrogen) atoms. The predicted octanol–water partition coefficient (Wildman–Crippen LogP) is 2.91. The van der Waals surface area contributed by atoms with Crippen LogP contribution in [0.25, 0.3) is 0 Å². The number of hydrazone groups is 1. The van der Waals surface area contributed by atoms with Gasteiger partial charge in [0, 0.05) is 4.88 Å². The normalized spacial score (nSPS) is 10.9. The van der Waals surface area contributed by atoms with Gasteiger partial charge in [0.1, 0.15) is 5.75 Å². The van der Waals surface area contributed by atoms with E-state index < -0.39 is 0 Å². The highest BCUT2D eigenvalue weighted by molar-refractivity contribution is 7.15. The van der Waals surface area contributed by atoms with E-state index >= 15 is 0 Å². The van der Waals surface area contributed by atoms with Gasteiger partial charge in [-0.1, -0.05) is 12.1 Å². The van der Waals surface area contributed by atoms with E-state index in [0.29, 0.717) is 0 Å². The van der Waals surface area contributed by atoms with Crippen LogP contribution in [0.4, 0.5) is 5.13 Å². The standard InChI is InChI=1S/C12H13N3OS/c1-8-9(2)17-12(14-8)15-13-7-10-4-3-5-11(16)6-10/h3-7,16H,1-2H3,(H,14,15)/b13-7+. The average Bonchev–Trinajstić information content (AvgIpc) is 2.58. The summed E-state index contributed by atoms with van der Waals surface area (Å²) < 4.78 is 0. The molecule has 0 spiro atoms.